The number of aliphatic carboxylic acids is 1. The summed E-state index contributed by atoms with van der Waals surface area (Å²) in [5, 5.41) is 18.5. The van der Waals surface area contributed by atoms with Crippen LogP contribution in [0.15, 0.2) is 9.70 Å². The fourth-order valence-corrected chi connectivity index (χ4v) is 6.72. The van der Waals surface area contributed by atoms with Crippen LogP contribution in [0.1, 0.15) is 101 Å². The van der Waals surface area contributed by atoms with E-state index < -0.39 is 5.97 Å². The summed E-state index contributed by atoms with van der Waals surface area (Å²) in [5.41, 5.74) is 1.22. The molecule has 0 radical (unpaired) electrons. The highest BCUT2D eigenvalue weighted by atomic mass is 32.2. The number of hydrogen-bond donors (Lipinski definition) is 1. The van der Waals surface area contributed by atoms with Crippen LogP contribution in [0.2, 0.25) is 0 Å². The van der Waals surface area contributed by atoms with E-state index in [2.05, 4.69) is 17.9 Å². The second-order valence-corrected chi connectivity index (χ2v) is 12.5. The number of carboxylic acid groups (broad SMARTS) is 1. The number of pyridine rings is 1. The summed E-state index contributed by atoms with van der Waals surface area (Å²) in [6.45, 7) is 8.64. The fraction of sp³-hybridized carbons (Fsp3) is 0.633. The molecule has 40 heavy (non-hydrogen) atoms. The molecule has 8 nitrogen and oxygen atoms in total. The summed E-state index contributed by atoms with van der Waals surface area (Å²) >= 11 is 6.87. The highest BCUT2D eigenvalue weighted by Gasteiger charge is 2.33. The van der Waals surface area contributed by atoms with Crippen molar-refractivity contribution in [1.82, 2.24) is 9.47 Å². The van der Waals surface area contributed by atoms with Crippen LogP contribution in [0, 0.1) is 24.2 Å². The van der Waals surface area contributed by atoms with Crippen molar-refractivity contribution in [2.24, 2.45) is 5.92 Å². The van der Waals surface area contributed by atoms with Gasteiger partial charge in [-0.15, -0.1) is 0 Å². The molecule has 3 rings (SSSR count). The number of rotatable bonds is 14. The molecule has 3 heterocycles. The van der Waals surface area contributed by atoms with E-state index in [1.165, 1.54) is 11.8 Å². The summed E-state index contributed by atoms with van der Waals surface area (Å²) < 4.78 is 2.23. The molecule has 2 aliphatic rings. The first-order chi connectivity index (χ1) is 19.2. The zero-order valence-corrected chi connectivity index (χ0v) is 25.7. The standard InChI is InChI=1S/C30H42N4O4S2/c1-4-33-27(32-17-14-21(2)15-18-32)23(22(3)24(20-31)28(33)37)19-25-29(38)34(30(39)40-25)16-12-10-8-6-5-7-9-11-13-26(35)36/h19,21H,4-18H2,1-3H3,(H,35,36)/b25-19+. The van der Waals surface area contributed by atoms with Crippen molar-refractivity contribution in [3.8, 4) is 6.07 Å². The summed E-state index contributed by atoms with van der Waals surface area (Å²) in [6.07, 6.45) is 12.1. The van der Waals surface area contributed by atoms with E-state index >= 15 is 0 Å². The van der Waals surface area contributed by atoms with Gasteiger partial charge in [-0.1, -0.05) is 69.4 Å². The molecule has 0 unspecified atom stereocenters. The lowest BCUT2D eigenvalue weighted by Gasteiger charge is -2.35. The Balaban J connectivity index is 1.69. The first-order valence-corrected chi connectivity index (χ1v) is 15.8. The Kier molecular flexibility index (Phi) is 12.3. The van der Waals surface area contributed by atoms with Gasteiger partial charge in [0.25, 0.3) is 11.5 Å². The number of anilines is 1. The SMILES string of the molecule is CCn1c(N2CCC(C)CC2)c(/C=C2/SC(=S)N(CCCCCCCCCCC(=O)O)C2=O)c(C)c(C#N)c1=O. The highest BCUT2D eigenvalue weighted by Crippen LogP contribution is 2.37. The number of nitrogens with zero attached hydrogens (tertiary/aromatic N) is 4. The van der Waals surface area contributed by atoms with Crippen molar-refractivity contribution in [2.75, 3.05) is 24.5 Å². The maximum atomic E-state index is 13.4. The fourth-order valence-electron chi connectivity index (χ4n) is 5.43. The van der Waals surface area contributed by atoms with Gasteiger partial charge in [0.15, 0.2) is 0 Å². The maximum Gasteiger partial charge on any atom is 0.303 e. The smallest absolute Gasteiger partial charge is 0.303 e. The molecule has 1 amide bonds. The molecule has 2 fully saturated rings. The lowest BCUT2D eigenvalue weighted by molar-refractivity contribution is -0.137. The molecular weight excluding hydrogens is 544 g/mol. The second kappa shape index (κ2) is 15.4. The van der Waals surface area contributed by atoms with Crippen molar-refractivity contribution < 1.29 is 14.7 Å². The molecule has 0 aliphatic carbocycles. The van der Waals surface area contributed by atoms with Gasteiger partial charge in [-0.25, -0.2) is 0 Å². The third kappa shape index (κ3) is 7.97. The number of carbonyl (C=O) groups excluding carboxylic acids is 1. The minimum Gasteiger partial charge on any atom is -0.481 e. The third-order valence-corrected chi connectivity index (χ3v) is 9.29. The quantitative estimate of drug-likeness (QED) is 0.159. The maximum absolute atomic E-state index is 13.4. The van der Waals surface area contributed by atoms with Crippen molar-refractivity contribution in [2.45, 2.75) is 97.9 Å². The first-order valence-electron chi connectivity index (χ1n) is 14.6. The van der Waals surface area contributed by atoms with E-state index in [0.717, 1.165) is 88.7 Å². The van der Waals surface area contributed by atoms with Gasteiger partial charge in [0.2, 0.25) is 0 Å². The van der Waals surface area contributed by atoms with Crippen molar-refractivity contribution in [3.63, 3.8) is 0 Å². The lowest BCUT2D eigenvalue weighted by Crippen LogP contribution is -2.39. The zero-order valence-electron chi connectivity index (χ0n) is 24.0. The minimum atomic E-state index is -0.727. The molecule has 1 aromatic rings. The molecule has 1 aromatic heterocycles. The monoisotopic (exact) mass is 586 g/mol. The largest absolute Gasteiger partial charge is 0.481 e. The number of aromatic nitrogens is 1. The van der Waals surface area contributed by atoms with Crippen molar-refractivity contribution >= 4 is 52.1 Å². The van der Waals surface area contributed by atoms with E-state index in [4.69, 9.17) is 17.3 Å². The van der Waals surface area contributed by atoms with Crippen LogP contribution in [0.4, 0.5) is 5.82 Å². The van der Waals surface area contributed by atoms with Crippen molar-refractivity contribution in [3.05, 3.63) is 31.9 Å². The van der Waals surface area contributed by atoms with Crippen LogP contribution in [0.3, 0.4) is 0 Å². The topological polar surface area (TPSA) is 107 Å². The molecule has 218 valence electrons. The summed E-state index contributed by atoms with van der Waals surface area (Å²) in [4.78, 5) is 41.6. The number of hydrogen-bond acceptors (Lipinski definition) is 7. The van der Waals surface area contributed by atoms with Gasteiger partial charge in [0, 0.05) is 38.2 Å². The van der Waals surface area contributed by atoms with Crippen LogP contribution in [0.25, 0.3) is 6.08 Å². The number of piperidine rings is 1. The predicted molar refractivity (Wildman–Crippen MR) is 166 cm³/mol. The lowest BCUT2D eigenvalue weighted by atomic mass is 9.97. The van der Waals surface area contributed by atoms with E-state index in [0.29, 0.717) is 33.8 Å². The van der Waals surface area contributed by atoms with Crippen molar-refractivity contribution in [1.29, 1.82) is 5.26 Å². The van der Waals surface area contributed by atoms with Crippen LogP contribution >= 0.6 is 24.0 Å². The van der Waals surface area contributed by atoms with E-state index in [9.17, 15) is 19.6 Å². The van der Waals surface area contributed by atoms with Gasteiger partial charge < -0.3 is 10.0 Å². The molecule has 2 aliphatic heterocycles. The highest BCUT2D eigenvalue weighted by molar-refractivity contribution is 8.26. The average molecular weight is 587 g/mol. The Hall–Kier alpha value is -2.64. The number of nitriles is 1. The molecule has 0 bridgehead atoms. The minimum absolute atomic E-state index is 0.112. The molecule has 0 spiro atoms. The predicted octanol–water partition coefficient (Wildman–Crippen LogP) is 6.08. The Morgan fingerprint density at radius 2 is 1.70 bits per heavy atom. The van der Waals surface area contributed by atoms with Crippen LogP contribution in [0.5, 0.6) is 0 Å². The molecule has 2 saturated heterocycles. The zero-order chi connectivity index (χ0) is 29.2. The van der Waals surface area contributed by atoms with Crippen LogP contribution in [-0.2, 0) is 16.1 Å². The Morgan fingerprint density at radius 1 is 1.10 bits per heavy atom. The van der Waals surface area contributed by atoms with Crippen LogP contribution in [-0.4, -0.2) is 50.4 Å². The molecular formula is C30H42N4O4S2. The van der Waals surface area contributed by atoms with E-state index in [-0.39, 0.29) is 23.5 Å². The van der Waals surface area contributed by atoms with E-state index in [1.54, 1.807) is 16.4 Å². The summed E-state index contributed by atoms with van der Waals surface area (Å²) in [6, 6.07) is 2.10. The molecule has 1 N–H and O–H groups in total. The van der Waals surface area contributed by atoms with Gasteiger partial charge in [-0.05, 0) is 57.1 Å². The van der Waals surface area contributed by atoms with Gasteiger partial charge in [-0.2, -0.15) is 5.26 Å². The van der Waals surface area contributed by atoms with Crippen LogP contribution < -0.4 is 10.5 Å². The van der Waals surface area contributed by atoms with Gasteiger partial charge in [-0.3, -0.25) is 23.9 Å². The average Bonchev–Trinajstić information content (AvgIpc) is 3.19. The number of unbranched alkanes of at least 4 members (excludes halogenated alkanes) is 7. The number of carbonyl (C=O) groups is 2. The number of carboxylic acids is 1. The molecule has 0 saturated carbocycles. The molecule has 10 heteroatoms. The Labute approximate surface area is 247 Å². The second-order valence-electron chi connectivity index (χ2n) is 10.9. The van der Waals surface area contributed by atoms with E-state index in [1.807, 2.05) is 13.0 Å². The Morgan fingerprint density at radius 3 is 2.27 bits per heavy atom. The van der Waals surface area contributed by atoms with Gasteiger partial charge in [0.1, 0.15) is 21.8 Å². The molecule has 0 atom stereocenters. The number of amides is 1. The van der Waals surface area contributed by atoms with Gasteiger partial charge in [0.05, 0.1) is 4.91 Å². The first kappa shape index (κ1) is 31.9. The normalized spacial score (nSPS) is 17.2. The van der Waals surface area contributed by atoms with Gasteiger partial charge >= 0.3 is 5.97 Å². The summed E-state index contributed by atoms with van der Waals surface area (Å²) in [5.74, 6) is 0.582. The Bertz CT molecular complexity index is 1230. The third-order valence-electron chi connectivity index (χ3n) is 7.92. The number of thioether (sulfide) groups is 1. The number of thiocarbonyl (C=S) groups is 1. The summed E-state index contributed by atoms with van der Waals surface area (Å²) in [7, 11) is 0. The molecule has 0 aromatic carbocycles.